The van der Waals surface area contributed by atoms with E-state index in [-0.39, 0.29) is 17.3 Å². The van der Waals surface area contributed by atoms with Gasteiger partial charge in [0.1, 0.15) is 0 Å². The van der Waals surface area contributed by atoms with E-state index >= 15 is 0 Å². The first-order valence-electron chi connectivity index (χ1n) is 7.94. The van der Waals surface area contributed by atoms with Crippen molar-refractivity contribution in [1.29, 1.82) is 0 Å². The Hall–Kier alpha value is -2.09. The summed E-state index contributed by atoms with van der Waals surface area (Å²) < 4.78 is 25.8. The van der Waals surface area contributed by atoms with Gasteiger partial charge in [-0.1, -0.05) is 23.7 Å². The van der Waals surface area contributed by atoms with Crippen LogP contribution in [0.15, 0.2) is 41.3 Å². The predicted molar refractivity (Wildman–Crippen MR) is 105 cm³/mol. The Labute approximate surface area is 159 Å². The molecular formula is C18H22ClN3O3S. The van der Waals surface area contributed by atoms with Crippen LogP contribution in [0.1, 0.15) is 11.1 Å². The van der Waals surface area contributed by atoms with Crippen molar-refractivity contribution in [2.75, 3.05) is 31.3 Å². The molecule has 2 N–H and O–H groups in total. The van der Waals surface area contributed by atoms with Gasteiger partial charge in [0, 0.05) is 19.8 Å². The Balaban J connectivity index is 2.10. The highest BCUT2D eigenvalue weighted by molar-refractivity contribution is 7.89. The number of sulfonamides is 1. The fourth-order valence-electron chi connectivity index (χ4n) is 2.30. The zero-order valence-corrected chi connectivity index (χ0v) is 16.7. The van der Waals surface area contributed by atoms with Crippen LogP contribution in [0, 0.1) is 13.8 Å². The first-order chi connectivity index (χ1) is 12.1. The van der Waals surface area contributed by atoms with E-state index in [9.17, 15) is 13.2 Å². The molecule has 1 amide bonds. The Morgan fingerprint density at radius 3 is 2.42 bits per heavy atom. The lowest BCUT2D eigenvalue weighted by Gasteiger charge is -2.15. The lowest BCUT2D eigenvalue weighted by atomic mass is 10.2. The van der Waals surface area contributed by atoms with Crippen molar-refractivity contribution >= 4 is 38.9 Å². The molecule has 2 aromatic carbocycles. The Kier molecular flexibility index (Phi) is 6.28. The maximum Gasteiger partial charge on any atom is 0.243 e. The minimum Gasteiger partial charge on any atom is -0.375 e. The molecule has 0 fully saturated rings. The molecule has 2 rings (SSSR count). The maximum atomic E-state index is 12.4. The summed E-state index contributed by atoms with van der Waals surface area (Å²) in [6.45, 7) is 3.65. The SMILES string of the molecule is Cc1ccc(NCC(=O)Nc2ccc(C)c(S(=O)(=O)N(C)C)c2)c(Cl)c1. The van der Waals surface area contributed by atoms with Gasteiger partial charge in [0.15, 0.2) is 0 Å². The third-order valence-corrected chi connectivity index (χ3v) is 6.06. The average Bonchev–Trinajstić information content (AvgIpc) is 2.55. The smallest absolute Gasteiger partial charge is 0.243 e. The van der Waals surface area contributed by atoms with Gasteiger partial charge in [0.25, 0.3) is 0 Å². The third kappa shape index (κ3) is 4.75. The number of amides is 1. The average molecular weight is 396 g/mol. The summed E-state index contributed by atoms with van der Waals surface area (Å²) in [5.41, 5.74) is 2.71. The van der Waals surface area contributed by atoms with Gasteiger partial charge in [-0.15, -0.1) is 0 Å². The monoisotopic (exact) mass is 395 g/mol. The van der Waals surface area contributed by atoms with Crippen LogP contribution < -0.4 is 10.6 Å². The number of carbonyl (C=O) groups excluding carboxylic acids is 1. The largest absolute Gasteiger partial charge is 0.375 e. The molecule has 140 valence electrons. The van der Waals surface area contributed by atoms with Crippen LogP contribution in [0.5, 0.6) is 0 Å². The molecule has 0 saturated heterocycles. The van der Waals surface area contributed by atoms with E-state index in [1.54, 1.807) is 31.2 Å². The highest BCUT2D eigenvalue weighted by Crippen LogP contribution is 2.24. The zero-order valence-electron chi connectivity index (χ0n) is 15.1. The van der Waals surface area contributed by atoms with E-state index in [0.717, 1.165) is 9.87 Å². The second-order valence-electron chi connectivity index (χ2n) is 6.15. The van der Waals surface area contributed by atoms with Gasteiger partial charge in [-0.05, 0) is 49.2 Å². The predicted octanol–water partition coefficient (Wildman–Crippen LogP) is 3.26. The standard InChI is InChI=1S/C18H22ClN3O3S/c1-12-5-8-16(15(19)9-12)20-11-18(23)21-14-7-6-13(2)17(10-14)26(24,25)22(3)4/h5-10,20H,11H2,1-4H3,(H,21,23). The molecule has 0 aliphatic heterocycles. The van der Waals surface area contributed by atoms with Crippen LogP contribution in [-0.2, 0) is 14.8 Å². The number of hydrogen-bond acceptors (Lipinski definition) is 4. The van der Waals surface area contributed by atoms with Crippen molar-refractivity contribution in [1.82, 2.24) is 4.31 Å². The Morgan fingerprint density at radius 1 is 1.12 bits per heavy atom. The molecule has 0 unspecified atom stereocenters. The molecule has 0 bridgehead atoms. The van der Waals surface area contributed by atoms with E-state index in [1.807, 2.05) is 13.0 Å². The van der Waals surface area contributed by atoms with Crippen molar-refractivity contribution in [2.24, 2.45) is 0 Å². The molecular weight excluding hydrogens is 374 g/mol. The summed E-state index contributed by atoms with van der Waals surface area (Å²) in [5.74, 6) is -0.307. The van der Waals surface area contributed by atoms with Gasteiger partial charge < -0.3 is 10.6 Å². The summed E-state index contributed by atoms with van der Waals surface area (Å²) in [7, 11) is -0.647. The van der Waals surface area contributed by atoms with Crippen LogP contribution >= 0.6 is 11.6 Å². The highest BCUT2D eigenvalue weighted by Gasteiger charge is 2.20. The minimum absolute atomic E-state index is 0.00637. The van der Waals surface area contributed by atoms with Gasteiger partial charge in [0.05, 0.1) is 22.2 Å². The van der Waals surface area contributed by atoms with E-state index in [0.29, 0.717) is 22.0 Å². The van der Waals surface area contributed by atoms with Crippen LogP contribution in [0.3, 0.4) is 0 Å². The molecule has 6 nitrogen and oxygen atoms in total. The fraction of sp³-hybridized carbons (Fsp3) is 0.278. The molecule has 0 aliphatic carbocycles. The van der Waals surface area contributed by atoms with Crippen molar-refractivity contribution < 1.29 is 13.2 Å². The molecule has 0 atom stereocenters. The quantitative estimate of drug-likeness (QED) is 0.786. The summed E-state index contributed by atoms with van der Waals surface area (Å²) >= 11 is 6.13. The molecule has 0 aliphatic rings. The molecule has 26 heavy (non-hydrogen) atoms. The van der Waals surface area contributed by atoms with Crippen LogP contribution in [0.25, 0.3) is 0 Å². The van der Waals surface area contributed by atoms with Crippen molar-refractivity contribution in [2.45, 2.75) is 18.7 Å². The van der Waals surface area contributed by atoms with Gasteiger partial charge in [-0.25, -0.2) is 12.7 Å². The lowest BCUT2D eigenvalue weighted by Crippen LogP contribution is -2.24. The number of nitrogens with one attached hydrogen (secondary N) is 2. The maximum absolute atomic E-state index is 12.4. The Morgan fingerprint density at radius 2 is 1.81 bits per heavy atom. The summed E-state index contributed by atoms with van der Waals surface area (Å²) in [5, 5.41) is 6.19. The third-order valence-electron chi connectivity index (χ3n) is 3.79. The van der Waals surface area contributed by atoms with Gasteiger partial charge in [0.2, 0.25) is 15.9 Å². The summed E-state index contributed by atoms with van der Waals surface area (Å²) in [4.78, 5) is 12.3. The summed E-state index contributed by atoms with van der Waals surface area (Å²) in [6.07, 6.45) is 0. The van der Waals surface area contributed by atoms with E-state index in [4.69, 9.17) is 11.6 Å². The van der Waals surface area contributed by atoms with Crippen LogP contribution in [-0.4, -0.2) is 39.3 Å². The molecule has 0 radical (unpaired) electrons. The number of anilines is 2. The fourth-order valence-corrected chi connectivity index (χ4v) is 3.74. The topological polar surface area (TPSA) is 78.5 Å². The Bertz CT molecular complexity index is 927. The lowest BCUT2D eigenvalue weighted by molar-refractivity contribution is -0.114. The van der Waals surface area contributed by atoms with Crippen LogP contribution in [0.4, 0.5) is 11.4 Å². The van der Waals surface area contributed by atoms with Gasteiger partial charge >= 0.3 is 0 Å². The molecule has 8 heteroatoms. The number of benzene rings is 2. The number of carbonyl (C=O) groups is 1. The van der Waals surface area contributed by atoms with Crippen molar-refractivity contribution in [3.63, 3.8) is 0 Å². The molecule has 0 spiro atoms. The number of aryl methyl sites for hydroxylation is 2. The van der Waals surface area contributed by atoms with E-state index in [2.05, 4.69) is 10.6 Å². The molecule has 0 heterocycles. The van der Waals surface area contributed by atoms with E-state index in [1.165, 1.54) is 20.2 Å². The first-order valence-corrected chi connectivity index (χ1v) is 9.76. The van der Waals surface area contributed by atoms with Gasteiger partial charge in [-0.2, -0.15) is 0 Å². The van der Waals surface area contributed by atoms with E-state index < -0.39 is 10.0 Å². The second-order valence-corrected chi connectivity index (χ2v) is 8.68. The minimum atomic E-state index is -3.58. The molecule has 2 aromatic rings. The highest BCUT2D eigenvalue weighted by atomic mass is 35.5. The first kappa shape index (κ1) is 20.2. The molecule has 0 aromatic heterocycles. The van der Waals surface area contributed by atoms with Gasteiger partial charge in [-0.3, -0.25) is 4.79 Å². The number of nitrogens with zero attached hydrogens (tertiary/aromatic N) is 1. The zero-order chi connectivity index (χ0) is 19.5. The number of hydrogen-bond donors (Lipinski definition) is 2. The van der Waals surface area contributed by atoms with Crippen molar-refractivity contribution in [3.8, 4) is 0 Å². The molecule has 0 saturated carbocycles. The number of halogens is 1. The normalized spacial score (nSPS) is 11.5. The number of rotatable bonds is 6. The second kappa shape index (κ2) is 8.07. The van der Waals surface area contributed by atoms with Crippen LogP contribution in [0.2, 0.25) is 5.02 Å². The van der Waals surface area contributed by atoms with Crippen molar-refractivity contribution in [3.05, 3.63) is 52.5 Å². The summed E-state index contributed by atoms with van der Waals surface area (Å²) in [6, 6.07) is 10.3.